The van der Waals surface area contributed by atoms with Crippen LogP contribution in [0, 0.1) is 0 Å². The summed E-state index contributed by atoms with van der Waals surface area (Å²) < 4.78 is 0. The molecule has 124 valence electrons. The van der Waals surface area contributed by atoms with Crippen LogP contribution < -0.4 is 22.9 Å². The summed E-state index contributed by atoms with van der Waals surface area (Å²) in [7, 11) is 0. The van der Waals surface area contributed by atoms with Crippen LogP contribution in [0.3, 0.4) is 0 Å². The number of hydrogen-bond donors (Lipinski definition) is 4. The Balaban J connectivity index is 0. The van der Waals surface area contributed by atoms with Crippen molar-refractivity contribution in [3.05, 3.63) is 0 Å². The molecule has 0 saturated heterocycles. The van der Waals surface area contributed by atoms with E-state index in [4.69, 9.17) is 22.9 Å². The lowest BCUT2D eigenvalue weighted by molar-refractivity contribution is 0.585. The molecule has 0 aliphatic carbocycles. The summed E-state index contributed by atoms with van der Waals surface area (Å²) in [5.74, 6) is 0. The van der Waals surface area contributed by atoms with Gasteiger partial charge >= 0.3 is 0 Å². The Morgan fingerprint density at radius 1 is 0.250 bits per heavy atom. The van der Waals surface area contributed by atoms with Gasteiger partial charge in [-0.1, -0.05) is 51.4 Å². The van der Waals surface area contributed by atoms with Crippen molar-refractivity contribution in [1.29, 1.82) is 0 Å². The number of rotatable bonds is 14. The van der Waals surface area contributed by atoms with Gasteiger partial charge in [-0.15, -0.1) is 0 Å². The van der Waals surface area contributed by atoms with Crippen molar-refractivity contribution in [1.82, 2.24) is 0 Å². The third kappa shape index (κ3) is 26.4. The maximum absolute atomic E-state index is 5.37. The highest BCUT2D eigenvalue weighted by Crippen LogP contribution is 2.05. The van der Waals surface area contributed by atoms with Crippen LogP contribution in [0.4, 0.5) is 0 Å². The van der Waals surface area contributed by atoms with Crippen molar-refractivity contribution in [3.8, 4) is 0 Å². The first-order valence-electron chi connectivity index (χ1n) is 8.63. The van der Waals surface area contributed by atoms with Crippen LogP contribution in [-0.2, 0) is 0 Å². The first kappa shape index (κ1) is 22.1. The monoisotopic (exact) mass is 288 g/mol. The lowest BCUT2D eigenvalue weighted by Gasteiger charge is -1.99. The van der Waals surface area contributed by atoms with Gasteiger partial charge in [0.2, 0.25) is 0 Å². The fraction of sp³-hybridized carbons (Fsp3) is 1.00. The first-order valence-corrected chi connectivity index (χ1v) is 8.63. The molecule has 0 aliphatic rings. The lowest BCUT2D eigenvalue weighted by Crippen LogP contribution is -1.99. The van der Waals surface area contributed by atoms with Crippen molar-refractivity contribution in [3.63, 3.8) is 0 Å². The molecule has 0 unspecified atom stereocenters. The first-order chi connectivity index (χ1) is 9.83. The molecule has 0 amide bonds. The molecule has 0 aliphatic heterocycles. The number of unbranched alkanes of at least 4 members (excludes halogenated alkanes) is 10. The van der Waals surface area contributed by atoms with Crippen molar-refractivity contribution in [2.45, 2.75) is 77.0 Å². The Morgan fingerprint density at radius 3 is 0.550 bits per heavy atom. The molecule has 20 heavy (non-hydrogen) atoms. The molecule has 0 aromatic heterocycles. The van der Waals surface area contributed by atoms with Crippen molar-refractivity contribution < 1.29 is 0 Å². The zero-order valence-corrected chi connectivity index (χ0v) is 13.6. The second kappa shape index (κ2) is 23.9. The van der Waals surface area contributed by atoms with Crippen LogP contribution in [-0.4, -0.2) is 26.2 Å². The maximum Gasteiger partial charge on any atom is -0.00773 e. The van der Waals surface area contributed by atoms with E-state index in [-0.39, 0.29) is 0 Å². The second-order valence-corrected chi connectivity index (χ2v) is 5.40. The van der Waals surface area contributed by atoms with E-state index < -0.39 is 0 Å². The van der Waals surface area contributed by atoms with Crippen LogP contribution in [0.2, 0.25) is 0 Å². The average Bonchev–Trinajstić information content (AvgIpc) is 2.47. The average molecular weight is 289 g/mol. The van der Waals surface area contributed by atoms with E-state index in [1.54, 1.807) is 0 Å². The molecule has 0 aromatic carbocycles. The molecule has 0 aromatic rings. The van der Waals surface area contributed by atoms with Gasteiger partial charge in [-0.25, -0.2) is 0 Å². The molecule has 8 N–H and O–H groups in total. The Morgan fingerprint density at radius 2 is 0.400 bits per heavy atom. The zero-order valence-electron chi connectivity index (χ0n) is 13.6. The predicted molar refractivity (Wildman–Crippen MR) is 91.6 cm³/mol. The van der Waals surface area contributed by atoms with Gasteiger partial charge in [-0.05, 0) is 51.9 Å². The van der Waals surface area contributed by atoms with Gasteiger partial charge in [0.1, 0.15) is 0 Å². The minimum atomic E-state index is 0.836. The van der Waals surface area contributed by atoms with E-state index in [0.717, 1.165) is 26.2 Å². The lowest BCUT2D eigenvalue weighted by atomic mass is 10.1. The Labute approximate surface area is 127 Å². The third-order valence-corrected chi connectivity index (χ3v) is 3.32. The van der Waals surface area contributed by atoms with E-state index >= 15 is 0 Å². The molecule has 0 fully saturated rings. The summed E-state index contributed by atoms with van der Waals surface area (Å²) >= 11 is 0. The van der Waals surface area contributed by atoms with E-state index in [2.05, 4.69) is 0 Å². The number of nitrogens with two attached hydrogens (primary N) is 4. The standard InChI is InChI=1S/C9H22N2.C7H18N2/c10-8-6-4-2-1-3-5-7-9-11;8-6-4-2-1-3-5-7-9/h1-11H2;1-9H2. The minimum absolute atomic E-state index is 0.836. The molecule has 0 heterocycles. The molecule has 0 saturated carbocycles. The summed E-state index contributed by atoms with van der Waals surface area (Å²) in [5.41, 5.74) is 21.4. The normalized spacial score (nSPS) is 10.2. The van der Waals surface area contributed by atoms with Gasteiger partial charge in [0, 0.05) is 0 Å². The predicted octanol–water partition coefficient (Wildman–Crippen LogP) is 2.49. The molecule has 0 radical (unpaired) electrons. The highest BCUT2D eigenvalue weighted by Gasteiger charge is 1.89. The van der Waals surface area contributed by atoms with Crippen molar-refractivity contribution >= 4 is 0 Å². The smallest absolute Gasteiger partial charge is 0.00773 e. The quantitative estimate of drug-likeness (QED) is 0.369. The van der Waals surface area contributed by atoms with Gasteiger partial charge in [-0.2, -0.15) is 0 Å². The van der Waals surface area contributed by atoms with Crippen LogP contribution in [0.15, 0.2) is 0 Å². The van der Waals surface area contributed by atoms with E-state index in [0.29, 0.717) is 0 Å². The van der Waals surface area contributed by atoms with Gasteiger partial charge < -0.3 is 22.9 Å². The van der Waals surface area contributed by atoms with Crippen LogP contribution in [0.25, 0.3) is 0 Å². The van der Waals surface area contributed by atoms with Gasteiger partial charge in [0.15, 0.2) is 0 Å². The Kier molecular flexibility index (Phi) is 26.4. The van der Waals surface area contributed by atoms with Crippen LogP contribution in [0.5, 0.6) is 0 Å². The largest absolute Gasteiger partial charge is 0.330 e. The van der Waals surface area contributed by atoms with E-state index in [1.807, 2.05) is 0 Å². The molecule has 0 atom stereocenters. The summed E-state index contributed by atoms with van der Waals surface area (Å²) in [6.07, 6.45) is 15.2. The van der Waals surface area contributed by atoms with Gasteiger partial charge in [0.25, 0.3) is 0 Å². The zero-order chi connectivity index (χ0) is 15.3. The topological polar surface area (TPSA) is 104 Å². The molecule has 0 spiro atoms. The Bertz CT molecular complexity index is 128. The highest BCUT2D eigenvalue weighted by atomic mass is 14.5. The van der Waals surface area contributed by atoms with Crippen molar-refractivity contribution in [2.75, 3.05) is 26.2 Å². The van der Waals surface area contributed by atoms with Crippen molar-refractivity contribution in [2.24, 2.45) is 22.9 Å². The van der Waals surface area contributed by atoms with Crippen LogP contribution >= 0.6 is 0 Å². The highest BCUT2D eigenvalue weighted by molar-refractivity contribution is 4.46. The van der Waals surface area contributed by atoms with Gasteiger partial charge in [-0.3, -0.25) is 0 Å². The van der Waals surface area contributed by atoms with Crippen LogP contribution in [0.1, 0.15) is 77.0 Å². The second-order valence-electron chi connectivity index (χ2n) is 5.40. The van der Waals surface area contributed by atoms with E-state index in [1.165, 1.54) is 77.0 Å². The molecule has 0 rings (SSSR count). The fourth-order valence-electron chi connectivity index (χ4n) is 1.99. The van der Waals surface area contributed by atoms with Gasteiger partial charge in [0.05, 0.1) is 0 Å². The maximum atomic E-state index is 5.37. The summed E-state index contributed by atoms with van der Waals surface area (Å²) in [6.45, 7) is 3.37. The summed E-state index contributed by atoms with van der Waals surface area (Å²) in [6, 6.07) is 0. The fourth-order valence-corrected chi connectivity index (χ4v) is 1.99. The third-order valence-electron chi connectivity index (χ3n) is 3.32. The Hall–Kier alpha value is -0.160. The number of hydrogen-bond acceptors (Lipinski definition) is 4. The molecule has 4 nitrogen and oxygen atoms in total. The molecular weight excluding hydrogens is 248 g/mol. The molecular formula is C16H40N4. The summed E-state index contributed by atoms with van der Waals surface area (Å²) in [5, 5.41) is 0. The summed E-state index contributed by atoms with van der Waals surface area (Å²) in [4.78, 5) is 0. The molecule has 0 bridgehead atoms. The van der Waals surface area contributed by atoms with E-state index in [9.17, 15) is 0 Å². The molecule has 4 heteroatoms. The minimum Gasteiger partial charge on any atom is -0.330 e. The SMILES string of the molecule is NCCCCCCCCCN.NCCCCCCCN.